The molecule has 0 spiro atoms. The maximum absolute atomic E-state index is 13.0. The Bertz CT molecular complexity index is 1110. The molecule has 3 aromatic rings. The Balaban J connectivity index is 1.59. The van der Waals surface area contributed by atoms with Crippen LogP contribution in [0.5, 0.6) is 0 Å². The molecule has 1 N–H and O–H groups in total. The van der Waals surface area contributed by atoms with E-state index in [9.17, 15) is 22.8 Å². The Morgan fingerprint density at radius 1 is 1.13 bits per heavy atom. The van der Waals surface area contributed by atoms with Gasteiger partial charge in [-0.2, -0.15) is 13.2 Å². The third-order valence-electron chi connectivity index (χ3n) is 5.36. The Morgan fingerprint density at radius 2 is 1.94 bits per heavy atom. The number of ether oxygens (including phenoxy) is 1. The molecule has 1 unspecified atom stereocenters. The lowest BCUT2D eigenvalue weighted by Crippen LogP contribution is -2.36. The van der Waals surface area contributed by atoms with Gasteiger partial charge in [-0.25, -0.2) is 0 Å². The monoisotopic (exact) mass is 430 g/mol. The normalized spacial score (nSPS) is 16.5. The SMILES string of the molecule is O=C(NCC1CCCO1)C(=O)c1cn(Cc2cccc(C(F)(F)F)c2)c2ccccc12. The number of halogens is 3. The second kappa shape index (κ2) is 8.55. The maximum Gasteiger partial charge on any atom is 0.416 e. The van der Waals surface area contributed by atoms with Crippen LogP contribution < -0.4 is 5.32 Å². The topological polar surface area (TPSA) is 60.3 Å². The number of carbonyl (C=O) groups excluding carboxylic acids is 2. The Hall–Kier alpha value is -3.13. The average Bonchev–Trinajstić information content (AvgIpc) is 3.40. The molecule has 1 fully saturated rings. The predicted octanol–water partition coefficient (Wildman–Crippen LogP) is 4.19. The van der Waals surface area contributed by atoms with E-state index < -0.39 is 23.4 Å². The first-order valence-corrected chi connectivity index (χ1v) is 10.0. The number of Topliss-reactive ketones (excluding diaryl/α,β-unsaturated/α-hetero) is 1. The second-order valence-electron chi connectivity index (χ2n) is 7.56. The fourth-order valence-corrected chi connectivity index (χ4v) is 3.82. The number of carbonyl (C=O) groups is 2. The minimum atomic E-state index is -4.43. The Kier molecular flexibility index (Phi) is 5.82. The van der Waals surface area contributed by atoms with Crippen LogP contribution in [-0.2, 0) is 22.3 Å². The van der Waals surface area contributed by atoms with Crippen molar-refractivity contribution in [1.82, 2.24) is 9.88 Å². The number of amides is 1. The highest BCUT2D eigenvalue weighted by atomic mass is 19.4. The second-order valence-corrected chi connectivity index (χ2v) is 7.56. The fourth-order valence-electron chi connectivity index (χ4n) is 3.82. The lowest BCUT2D eigenvalue weighted by Gasteiger charge is -2.10. The van der Waals surface area contributed by atoms with Crippen molar-refractivity contribution in [3.63, 3.8) is 0 Å². The molecule has 31 heavy (non-hydrogen) atoms. The van der Waals surface area contributed by atoms with Crippen molar-refractivity contribution >= 4 is 22.6 Å². The van der Waals surface area contributed by atoms with Crippen LogP contribution >= 0.6 is 0 Å². The first-order chi connectivity index (χ1) is 14.8. The number of alkyl halides is 3. The van der Waals surface area contributed by atoms with E-state index >= 15 is 0 Å². The largest absolute Gasteiger partial charge is 0.416 e. The number of aromatic nitrogens is 1. The summed E-state index contributed by atoms with van der Waals surface area (Å²) in [6.45, 7) is 1.06. The van der Waals surface area contributed by atoms with Gasteiger partial charge in [-0.15, -0.1) is 0 Å². The van der Waals surface area contributed by atoms with E-state index in [1.165, 1.54) is 12.3 Å². The van der Waals surface area contributed by atoms with Gasteiger partial charge in [-0.1, -0.05) is 30.3 Å². The van der Waals surface area contributed by atoms with Gasteiger partial charge in [0, 0.05) is 36.8 Å². The summed E-state index contributed by atoms with van der Waals surface area (Å²) in [7, 11) is 0. The van der Waals surface area contributed by atoms with Crippen molar-refractivity contribution in [2.75, 3.05) is 13.2 Å². The number of para-hydroxylation sites is 1. The minimum absolute atomic E-state index is 0.0843. The van der Waals surface area contributed by atoms with Gasteiger partial charge in [0.2, 0.25) is 0 Å². The third-order valence-corrected chi connectivity index (χ3v) is 5.36. The molecule has 1 aliphatic heterocycles. The highest BCUT2D eigenvalue weighted by Crippen LogP contribution is 2.30. The molecule has 1 aliphatic rings. The number of fused-ring (bicyclic) bond motifs is 1. The van der Waals surface area contributed by atoms with Gasteiger partial charge >= 0.3 is 6.18 Å². The fraction of sp³-hybridized carbons (Fsp3) is 0.304. The van der Waals surface area contributed by atoms with Crippen LogP contribution in [0.2, 0.25) is 0 Å². The van der Waals surface area contributed by atoms with Gasteiger partial charge in [0.25, 0.3) is 11.7 Å². The predicted molar refractivity (Wildman–Crippen MR) is 109 cm³/mol. The average molecular weight is 430 g/mol. The smallest absolute Gasteiger partial charge is 0.376 e. The zero-order chi connectivity index (χ0) is 22.0. The summed E-state index contributed by atoms with van der Waals surface area (Å²) in [6, 6.07) is 12.1. The number of hydrogen-bond acceptors (Lipinski definition) is 3. The molecule has 4 rings (SSSR count). The molecular weight excluding hydrogens is 409 g/mol. The van der Waals surface area contributed by atoms with Gasteiger partial charge in [0.05, 0.1) is 17.2 Å². The zero-order valence-electron chi connectivity index (χ0n) is 16.6. The lowest BCUT2D eigenvalue weighted by molar-refractivity contribution is -0.137. The molecule has 8 heteroatoms. The van der Waals surface area contributed by atoms with Crippen LogP contribution in [0.4, 0.5) is 13.2 Å². The van der Waals surface area contributed by atoms with Crippen molar-refractivity contribution in [1.29, 1.82) is 0 Å². The van der Waals surface area contributed by atoms with E-state index in [1.54, 1.807) is 34.9 Å². The summed E-state index contributed by atoms with van der Waals surface area (Å²) in [5.41, 5.74) is 0.589. The van der Waals surface area contributed by atoms with Crippen LogP contribution in [0.3, 0.4) is 0 Å². The van der Waals surface area contributed by atoms with E-state index in [2.05, 4.69) is 5.32 Å². The highest BCUT2D eigenvalue weighted by molar-refractivity contribution is 6.45. The molecule has 2 heterocycles. The number of rotatable bonds is 6. The Labute approximate surface area is 176 Å². The quantitative estimate of drug-likeness (QED) is 0.471. The first-order valence-electron chi connectivity index (χ1n) is 10.0. The minimum Gasteiger partial charge on any atom is -0.376 e. The number of ketones is 1. The number of nitrogens with zero attached hydrogens (tertiary/aromatic N) is 1. The number of benzene rings is 2. The lowest BCUT2D eigenvalue weighted by atomic mass is 10.1. The van der Waals surface area contributed by atoms with E-state index in [4.69, 9.17) is 4.74 Å². The van der Waals surface area contributed by atoms with E-state index in [-0.39, 0.29) is 24.8 Å². The summed E-state index contributed by atoms with van der Waals surface area (Å²) < 4.78 is 46.3. The summed E-state index contributed by atoms with van der Waals surface area (Å²) in [5, 5.41) is 3.20. The van der Waals surface area contributed by atoms with Crippen LogP contribution in [0, 0.1) is 0 Å². The molecule has 0 saturated carbocycles. The van der Waals surface area contributed by atoms with Crippen molar-refractivity contribution in [3.05, 3.63) is 71.4 Å². The van der Waals surface area contributed by atoms with Crippen LogP contribution in [0.25, 0.3) is 10.9 Å². The molecule has 1 amide bonds. The molecule has 1 atom stereocenters. The van der Waals surface area contributed by atoms with E-state index in [0.717, 1.165) is 25.0 Å². The summed E-state index contributed by atoms with van der Waals surface area (Å²) in [5.74, 6) is -1.41. The third kappa shape index (κ3) is 4.64. The molecule has 2 aromatic carbocycles. The van der Waals surface area contributed by atoms with Gasteiger partial charge in [0.15, 0.2) is 0 Å². The molecule has 1 aromatic heterocycles. The standard InChI is InChI=1S/C23H21F3N2O3/c24-23(25,26)16-6-3-5-15(11-16)13-28-14-19(18-8-1-2-9-20(18)28)21(29)22(30)27-12-17-7-4-10-31-17/h1-3,5-6,8-9,11,14,17H,4,7,10,12-13H2,(H,27,30). The van der Waals surface area contributed by atoms with Crippen LogP contribution in [0.1, 0.15) is 34.3 Å². The summed E-state index contributed by atoms with van der Waals surface area (Å²) >= 11 is 0. The molecule has 0 bridgehead atoms. The highest BCUT2D eigenvalue weighted by Gasteiger charge is 2.30. The summed E-state index contributed by atoms with van der Waals surface area (Å²) in [6.07, 6.45) is -1.22. The molecule has 0 aliphatic carbocycles. The molecule has 0 radical (unpaired) electrons. The van der Waals surface area contributed by atoms with Gasteiger partial charge in [-0.3, -0.25) is 9.59 Å². The van der Waals surface area contributed by atoms with Crippen molar-refractivity contribution in [3.8, 4) is 0 Å². The van der Waals surface area contributed by atoms with Crippen molar-refractivity contribution in [2.45, 2.75) is 31.7 Å². The molecule has 5 nitrogen and oxygen atoms in total. The van der Waals surface area contributed by atoms with Crippen molar-refractivity contribution in [2.24, 2.45) is 0 Å². The molecule has 1 saturated heterocycles. The van der Waals surface area contributed by atoms with E-state index in [0.29, 0.717) is 23.1 Å². The zero-order valence-corrected chi connectivity index (χ0v) is 16.6. The van der Waals surface area contributed by atoms with Gasteiger partial charge < -0.3 is 14.6 Å². The van der Waals surface area contributed by atoms with Crippen LogP contribution in [-0.4, -0.2) is 35.5 Å². The maximum atomic E-state index is 13.0. The first kappa shape index (κ1) is 21.1. The van der Waals surface area contributed by atoms with Crippen molar-refractivity contribution < 1.29 is 27.5 Å². The van der Waals surface area contributed by atoms with Crippen LogP contribution in [0.15, 0.2) is 54.7 Å². The number of nitrogens with one attached hydrogen (secondary N) is 1. The Morgan fingerprint density at radius 3 is 2.68 bits per heavy atom. The number of hydrogen-bond donors (Lipinski definition) is 1. The van der Waals surface area contributed by atoms with Gasteiger partial charge in [0.1, 0.15) is 0 Å². The van der Waals surface area contributed by atoms with Gasteiger partial charge in [-0.05, 0) is 36.6 Å². The summed E-state index contributed by atoms with van der Waals surface area (Å²) in [4.78, 5) is 25.2. The van der Waals surface area contributed by atoms with E-state index in [1.807, 2.05) is 0 Å². The molecular formula is C23H21F3N2O3. The molecule has 162 valence electrons.